The van der Waals surface area contributed by atoms with Crippen LogP contribution in [0.3, 0.4) is 0 Å². The van der Waals surface area contributed by atoms with Gasteiger partial charge in [-0.2, -0.15) is 0 Å². The molecule has 7 heteroatoms. The lowest BCUT2D eigenvalue weighted by Gasteiger charge is -2.06. The fourth-order valence-electron chi connectivity index (χ4n) is 2.16. The van der Waals surface area contributed by atoms with Crippen LogP contribution in [0.15, 0.2) is 47.4 Å². The van der Waals surface area contributed by atoms with Crippen LogP contribution in [-0.4, -0.2) is 23.5 Å². The number of anilines is 2. The molecule has 0 saturated heterocycles. The highest BCUT2D eigenvalue weighted by atomic mass is 32.2. The predicted molar refractivity (Wildman–Crippen MR) is 88.4 cm³/mol. The van der Waals surface area contributed by atoms with E-state index in [2.05, 4.69) is 10.6 Å². The van der Waals surface area contributed by atoms with Crippen LogP contribution in [0.4, 0.5) is 11.4 Å². The van der Waals surface area contributed by atoms with Crippen molar-refractivity contribution in [3.05, 3.63) is 53.6 Å². The highest BCUT2D eigenvalue weighted by molar-refractivity contribution is 8.00. The summed E-state index contributed by atoms with van der Waals surface area (Å²) in [6, 6.07) is 11.9. The largest absolute Gasteiger partial charge is 0.399 e. The first-order valence-electron chi connectivity index (χ1n) is 6.81. The Bertz CT molecular complexity index is 803. The summed E-state index contributed by atoms with van der Waals surface area (Å²) >= 11 is 1.38. The van der Waals surface area contributed by atoms with Crippen LogP contribution in [0.2, 0.25) is 0 Å². The number of hydrogen-bond acceptors (Lipinski definition) is 5. The summed E-state index contributed by atoms with van der Waals surface area (Å²) in [7, 11) is 0. The average Bonchev–Trinajstić information content (AvgIpc) is 2.81. The minimum absolute atomic E-state index is 0.198. The molecule has 23 heavy (non-hydrogen) atoms. The van der Waals surface area contributed by atoms with E-state index in [1.165, 1.54) is 23.9 Å². The molecule has 0 bridgehead atoms. The molecule has 0 aliphatic carbocycles. The van der Waals surface area contributed by atoms with Crippen LogP contribution in [0.25, 0.3) is 0 Å². The third-order valence-electron chi connectivity index (χ3n) is 3.27. The van der Waals surface area contributed by atoms with Crippen LogP contribution in [-0.2, 0) is 4.79 Å². The third kappa shape index (κ3) is 3.35. The number of nitrogens with two attached hydrogens (primary N) is 1. The first-order chi connectivity index (χ1) is 11.0. The number of amides is 3. The summed E-state index contributed by atoms with van der Waals surface area (Å²) < 4.78 is 0. The molecule has 4 N–H and O–H groups in total. The number of nitrogen functional groups attached to an aromatic ring is 1. The molecule has 3 amide bonds. The average molecular weight is 327 g/mol. The number of thioether (sulfide) groups is 1. The Morgan fingerprint density at radius 1 is 1.04 bits per heavy atom. The van der Waals surface area contributed by atoms with Gasteiger partial charge in [-0.15, -0.1) is 11.8 Å². The number of hydrogen-bond donors (Lipinski definition) is 3. The summed E-state index contributed by atoms with van der Waals surface area (Å²) in [5.74, 6) is -0.831. The topological polar surface area (TPSA) is 101 Å². The second kappa shape index (κ2) is 6.13. The van der Waals surface area contributed by atoms with E-state index in [9.17, 15) is 14.4 Å². The van der Waals surface area contributed by atoms with Gasteiger partial charge in [0.25, 0.3) is 11.8 Å². The second-order valence-electron chi connectivity index (χ2n) is 4.95. The summed E-state index contributed by atoms with van der Waals surface area (Å²) in [5.41, 5.74) is 7.36. The maximum absolute atomic E-state index is 12.0. The van der Waals surface area contributed by atoms with Gasteiger partial charge in [0.15, 0.2) is 0 Å². The number of carbonyl (C=O) groups excluding carboxylic acids is 3. The van der Waals surface area contributed by atoms with E-state index in [0.717, 1.165) is 4.90 Å². The van der Waals surface area contributed by atoms with Gasteiger partial charge in [0.05, 0.1) is 16.9 Å². The normalized spacial score (nSPS) is 12.7. The molecule has 1 aliphatic rings. The number of imide groups is 1. The van der Waals surface area contributed by atoms with E-state index in [0.29, 0.717) is 16.9 Å². The molecule has 0 radical (unpaired) electrons. The van der Waals surface area contributed by atoms with Gasteiger partial charge in [-0.25, -0.2) is 0 Å². The Morgan fingerprint density at radius 2 is 1.74 bits per heavy atom. The predicted octanol–water partition coefficient (Wildman–Crippen LogP) is 1.88. The maximum atomic E-state index is 12.0. The Kier molecular flexibility index (Phi) is 4.03. The Morgan fingerprint density at radius 3 is 2.48 bits per heavy atom. The second-order valence-corrected chi connectivity index (χ2v) is 6.00. The molecule has 0 atom stereocenters. The zero-order chi connectivity index (χ0) is 16.4. The van der Waals surface area contributed by atoms with Crippen LogP contribution < -0.4 is 16.4 Å². The minimum atomic E-state index is -0.447. The molecule has 0 saturated carbocycles. The summed E-state index contributed by atoms with van der Waals surface area (Å²) in [6.07, 6.45) is 0. The first-order valence-corrected chi connectivity index (χ1v) is 7.79. The van der Waals surface area contributed by atoms with E-state index in [1.807, 2.05) is 12.1 Å². The zero-order valence-electron chi connectivity index (χ0n) is 12.0. The fourth-order valence-corrected chi connectivity index (χ4v) is 2.85. The van der Waals surface area contributed by atoms with Gasteiger partial charge in [-0.1, -0.05) is 0 Å². The molecule has 6 nitrogen and oxygen atoms in total. The van der Waals surface area contributed by atoms with Crippen molar-refractivity contribution >= 4 is 40.9 Å². The highest BCUT2D eigenvalue weighted by Gasteiger charge is 2.26. The summed E-state index contributed by atoms with van der Waals surface area (Å²) in [6.45, 7) is 0. The van der Waals surface area contributed by atoms with E-state index < -0.39 is 11.8 Å². The van der Waals surface area contributed by atoms with Crippen molar-refractivity contribution in [3.63, 3.8) is 0 Å². The van der Waals surface area contributed by atoms with Crippen LogP contribution in [0.5, 0.6) is 0 Å². The van der Waals surface area contributed by atoms with E-state index in [4.69, 9.17) is 5.73 Å². The summed E-state index contributed by atoms with van der Waals surface area (Å²) in [5, 5.41) is 4.92. The molecule has 1 heterocycles. The van der Waals surface area contributed by atoms with Crippen LogP contribution >= 0.6 is 11.8 Å². The molecule has 0 fully saturated rings. The Balaban J connectivity index is 1.62. The fraction of sp³-hybridized carbons (Fsp3) is 0.0625. The molecule has 3 rings (SSSR count). The highest BCUT2D eigenvalue weighted by Crippen LogP contribution is 2.22. The lowest BCUT2D eigenvalue weighted by molar-refractivity contribution is -0.113. The van der Waals surface area contributed by atoms with Gasteiger partial charge in [0, 0.05) is 16.3 Å². The smallest absolute Gasteiger partial charge is 0.259 e. The third-order valence-corrected chi connectivity index (χ3v) is 4.28. The van der Waals surface area contributed by atoms with Crippen LogP contribution in [0, 0.1) is 0 Å². The van der Waals surface area contributed by atoms with Gasteiger partial charge >= 0.3 is 0 Å². The Labute approximate surface area is 136 Å². The van der Waals surface area contributed by atoms with E-state index in [1.54, 1.807) is 18.2 Å². The molecular formula is C16H13N3O3S. The van der Waals surface area contributed by atoms with Gasteiger partial charge < -0.3 is 11.1 Å². The number of carbonyl (C=O) groups is 3. The van der Waals surface area contributed by atoms with Crippen molar-refractivity contribution in [3.8, 4) is 0 Å². The minimum Gasteiger partial charge on any atom is -0.399 e. The SMILES string of the molecule is Nc1ccc(SCC(=O)Nc2ccc3c(c2)C(=O)NC3=O)cc1. The van der Waals surface area contributed by atoms with Crippen molar-refractivity contribution < 1.29 is 14.4 Å². The quantitative estimate of drug-likeness (QED) is 0.452. The van der Waals surface area contributed by atoms with E-state index >= 15 is 0 Å². The number of benzene rings is 2. The van der Waals surface area contributed by atoms with Crippen molar-refractivity contribution in [1.82, 2.24) is 5.32 Å². The molecule has 2 aromatic carbocycles. The number of nitrogens with one attached hydrogen (secondary N) is 2. The summed E-state index contributed by atoms with van der Waals surface area (Å²) in [4.78, 5) is 36.0. The molecule has 116 valence electrons. The lowest BCUT2D eigenvalue weighted by Crippen LogP contribution is -2.19. The molecule has 1 aliphatic heterocycles. The Hall–Kier alpha value is -2.80. The first kappa shape index (κ1) is 15.1. The van der Waals surface area contributed by atoms with Crippen LogP contribution in [0.1, 0.15) is 20.7 Å². The van der Waals surface area contributed by atoms with Crippen molar-refractivity contribution in [2.75, 3.05) is 16.8 Å². The number of fused-ring (bicyclic) bond motifs is 1. The van der Waals surface area contributed by atoms with E-state index in [-0.39, 0.29) is 17.2 Å². The lowest BCUT2D eigenvalue weighted by atomic mass is 10.1. The zero-order valence-corrected chi connectivity index (χ0v) is 12.8. The monoisotopic (exact) mass is 327 g/mol. The molecule has 0 unspecified atom stereocenters. The van der Waals surface area contributed by atoms with Crippen molar-refractivity contribution in [1.29, 1.82) is 0 Å². The molecule has 0 aromatic heterocycles. The number of rotatable bonds is 4. The standard InChI is InChI=1S/C16H13N3O3S/c17-9-1-4-11(5-2-9)23-8-14(20)18-10-3-6-12-13(7-10)16(22)19-15(12)21/h1-7H,8,17H2,(H,18,20)(H,19,21,22). The van der Waals surface area contributed by atoms with Gasteiger partial charge in [-0.05, 0) is 42.5 Å². The molecular weight excluding hydrogens is 314 g/mol. The maximum Gasteiger partial charge on any atom is 0.259 e. The molecule has 0 spiro atoms. The van der Waals surface area contributed by atoms with Gasteiger partial charge in [0.2, 0.25) is 5.91 Å². The molecule has 2 aromatic rings. The van der Waals surface area contributed by atoms with Gasteiger partial charge in [0.1, 0.15) is 0 Å². The van der Waals surface area contributed by atoms with Gasteiger partial charge in [-0.3, -0.25) is 19.7 Å². The van der Waals surface area contributed by atoms with Crippen molar-refractivity contribution in [2.24, 2.45) is 0 Å². The van der Waals surface area contributed by atoms with Crippen molar-refractivity contribution in [2.45, 2.75) is 4.90 Å².